The van der Waals surface area contributed by atoms with Crippen LogP contribution in [0.1, 0.15) is 24.5 Å². The number of fused-ring (bicyclic) bond motifs is 3. The third kappa shape index (κ3) is 7.44. The van der Waals surface area contributed by atoms with Crippen molar-refractivity contribution in [1.82, 2.24) is 22.4 Å². The van der Waals surface area contributed by atoms with Crippen LogP contribution in [0.2, 0.25) is 0 Å². The molecule has 3 aliphatic rings. The maximum absolute atomic E-state index is 5.69. The van der Waals surface area contributed by atoms with E-state index in [0.29, 0.717) is 63.9 Å². The summed E-state index contributed by atoms with van der Waals surface area (Å²) in [5.41, 5.74) is 1.22. The highest BCUT2D eigenvalue weighted by atomic mass is 32.2. The van der Waals surface area contributed by atoms with Crippen LogP contribution in [0.3, 0.4) is 0 Å². The molecule has 0 aliphatic carbocycles. The van der Waals surface area contributed by atoms with Crippen molar-refractivity contribution < 1.29 is 23.7 Å². The van der Waals surface area contributed by atoms with E-state index in [9.17, 15) is 0 Å². The number of methoxy groups -OCH3 is 1. The Labute approximate surface area is 206 Å². The van der Waals surface area contributed by atoms with E-state index < -0.39 is 0 Å². The van der Waals surface area contributed by atoms with E-state index in [2.05, 4.69) is 22.4 Å². The molecule has 5 rings (SSSR count). The van der Waals surface area contributed by atoms with Gasteiger partial charge in [-0.3, -0.25) is 0 Å². The third-order valence-electron chi connectivity index (χ3n) is 5.79. The Bertz CT molecular complexity index is 818. The molecule has 0 N–H and O–H groups in total. The average molecular weight is 518 g/mol. The lowest BCUT2D eigenvalue weighted by molar-refractivity contribution is 0.0114. The molecule has 2 aromatic heterocycles. The van der Waals surface area contributed by atoms with Crippen molar-refractivity contribution in [1.29, 1.82) is 0 Å². The molecule has 1 atom stereocenters. The molecule has 2 aromatic rings. The van der Waals surface area contributed by atoms with E-state index in [-0.39, 0.29) is 0 Å². The van der Waals surface area contributed by atoms with Gasteiger partial charge in [0, 0.05) is 18.2 Å². The van der Waals surface area contributed by atoms with Gasteiger partial charge in [0.2, 0.25) is 0 Å². The van der Waals surface area contributed by atoms with Crippen LogP contribution in [0, 0.1) is 5.92 Å². The molecule has 5 heterocycles. The van der Waals surface area contributed by atoms with Crippen molar-refractivity contribution in [2.24, 2.45) is 5.92 Å². The van der Waals surface area contributed by atoms with Gasteiger partial charge in [-0.25, -0.2) is 0 Å². The maximum atomic E-state index is 5.69. The van der Waals surface area contributed by atoms with E-state index in [0.717, 1.165) is 35.0 Å². The summed E-state index contributed by atoms with van der Waals surface area (Å²) in [6.45, 7) is 7.30. The second-order valence-electron chi connectivity index (χ2n) is 7.81. The maximum Gasteiger partial charge on any atom is 0.291 e. The number of piperidine rings is 3. The summed E-state index contributed by atoms with van der Waals surface area (Å²) < 4.78 is 44.3. The number of aromatic nitrogens is 4. The molecule has 0 saturated carbocycles. The Morgan fingerprint density at radius 1 is 0.848 bits per heavy atom. The fourth-order valence-electron chi connectivity index (χ4n) is 4.11. The Kier molecular flexibility index (Phi) is 10.4. The smallest absolute Gasteiger partial charge is 0.291 e. The molecule has 1 unspecified atom stereocenters. The van der Waals surface area contributed by atoms with Crippen molar-refractivity contribution in [2.45, 2.75) is 23.8 Å². The molecule has 0 amide bonds. The summed E-state index contributed by atoms with van der Waals surface area (Å²) >= 11 is 4.15. The zero-order valence-corrected chi connectivity index (χ0v) is 21.3. The van der Waals surface area contributed by atoms with Gasteiger partial charge in [0.15, 0.2) is 0 Å². The monoisotopic (exact) mass is 517 g/mol. The van der Waals surface area contributed by atoms with E-state index in [1.165, 1.54) is 50.5 Å². The molecule has 0 aromatic carbocycles. The summed E-state index contributed by atoms with van der Waals surface area (Å²) in [6.07, 6.45) is 2.60. The van der Waals surface area contributed by atoms with Crippen LogP contribution in [0.25, 0.3) is 0 Å². The zero-order chi connectivity index (χ0) is 22.7. The minimum absolute atomic E-state index is 0.387. The summed E-state index contributed by atoms with van der Waals surface area (Å²) in [5, 5.41) is 1.10. The van der Waals surface area contributed by atoms with Crippen LogP contribution in [-0.4, -0.2) is 101 Å². The largest absolute Gasteiger partial charge is 0.477 e. The fourth-order valence-corrected chi connectivity index (χ4v) is 6.21. The molecule has 3 fully saturated rings. The predicted molar refractivity (Wildman–Crippen MR) is 127 cm³/mol. The molecule has 3 aliphatic heterocycles. The molecule has 184 valence electrons. The topological polar surface area (TPSA) is 101 Å². The first kappa shape index (κ1) is 25.0. The summed E-state index contributed by atoms with van der Waals surface area (Å²) in [6, 6.07) is 0. The second kappa shape index (κ2) is 13.7. The number of hydrogen-bond donors (Lipinski definition) is 0. The standard InChI is InChI=1S/C20H31N5O5S3/c1-26-18-19(23-33-22-18)30-11-10-28-7-6-27-8-9-29-12-13-31-20-17(21-32-24-20)16-14-25-4-2-15(16)3-5-25/h15-16H,2-14H2,1H3. The van der Waals surface area contributed by atoms with Crippen molar-refractivity contribution in [2.75, 3.05) is 78.7 Å². The highest BCUT2D eigenvalue weighted by Crippen LogP contribution is 2.41. The third-order valence-corrected chi connectivity index (χ3v) is 7.89. The highest BCUT2D eigenvalue weighted by molar-refractivity contribution is 7.99. The van der Waals surface area contributed by atoms with E-state index in [4.69, 9.17) is 23.7 Å². The second-order valence-corrected chi connectivity index (χ2v) is 9.95. The molecular weight excluding hydrogens is 486 g/mol. The van der Waals surface area contributed by atoms with Crippen LogP contribution < -0.4 is 9.47 Å². The Morgan fingerprint density at radius 3 is 2.21 bits per heavy atom. The number of hydrogen-bond acceptors (Lipinski definition) is 13. The summed E-state index contributed by atoms with van der Waals surface area (Å²) in [7, 11) is 1.54. The lowest BCUT2D eigenvalue weighted by Gasteiger charge is -2.44. The molecule has 2 bridgehead atoms. The van der Waals surface area contributed by atoms with Gasteiger partial charge in [0.1, 0.15) is 11.6 Å². The van der Waals surface area contributed by atoms with E-state index in [1.54, 1.807) is 11.8 Å². The lowest BCUT2D eigenvalue weighted by Crippen LogP contribution is -2.46. The van der Waals surface area contributed by atoms with Crippen molar-refractivity contribution in [3.8, 4) is 11.8 Å². The lowest BCUT2D eigenvalue weighted by atomic mass is 9.78. The van der Waals surface area contributed by atoms with Crippen molar-refractivity contribution >= 4 is 35.2 Å². The van der Waals surface area contributed by atoms with Crippen LogP contribution in [-0.2, 0) is 14.2 Å². The first-order valence-corrected chi connectivity index (χ1v) is 13.7. The van der Waals surface area contributed by atoms with Crippen LogP contribution in [0.5, 0.6) is 11.8 Å². The minimum Gasteiger partial charge on any atom is -0.477 e. The summed E-state index contributed by atoms with van der Waals surface area (Å²) in [4.78, 5) is 2.57. The first-order valence-electron chi connectivity index (χ1n) is 11.3. The molecular formula is C20H31N5O5S3. The predicted octanol–water partition coefficient (Wildman–Crippen LogP) is 2.43. The first-order chi connectivity index (χ1) is 16.3. The molecule has 13 heteroatoms. The van der Waals surface area contributed by atoms with Gasteiger partial charge in [0.05, 0.1) is 75.9 Å². The average Bonchev–Trinajstić information content (AvgIpc) is 3.52. The molecule has 0 spiro atoms. The van der Waals surface area contributed by atoms with Gasteiger partial charge in [-0.1, -0.05) is 0 Å². The Balaban J connectivity index is 0.973. The van der Waals surface area contributed by atoms with Gasteiger partial charge in [-0.15, -0.1) is 20.5 Å². The van der Waals surface area contributed by atoms with Gasteiger partial charge in [-0.2, -0.15) is 8.75 Å². The van der Waals surface area contributed by atoms with Crippen LogP contribution >= 0.6 is 35.2 Å². The number of thioether (sulfide) groups is 1. The van der Waals surface area contributed by atoms with Crippen LogP contribution in [0.15, 0.2) is 5.03 Å². The normalized spacial score (nSPS) is 22.0. The number of nitrogens with zero attached hydrogens (tertiary/aromatic N) is 5. The van der Waals surface area contributed by atoms with Crippen LogP contribution in [0.4, 0.5) is 0 Å². The number of ether oxygens (including phenoxy) is 5. The molecule has 33 heavy (non-hydrogen) atoms. The van der Waals surface area contributed by atoms with Gasteiger partial charge >= 0.3 is 0 Å². The van der Waals surface area contributed by atoms with Gasteiger partial charge in [-0.05, 0) is 31.8 Å². The quantitative estimate of drug-likeness (QED) is 0.242. The zero-order valence-electron chi connectivity index (χ0n) is 18.8. The highest BCUT2D eigenvalue weighted by Gasteiger charge is 2.37. The summed E-state index contributed by atoms with van der Waals surface area (Å²) in [5.74, 6) is 3.02. The van der Waals surface area contributed by atoms with Crippen molar-refractivity contribution in [3.63, 3.8) is 0 Å². The Morgan fingerprint density at radius 2 is 1.52 bits per heavy atom. The van der Waals surface area contributed by atoms with Crippen molar-refractivity contribution in [3.05, 3.63) is 5.69 Å². The van der Waals surface area contributed by atoms with Gasteiger partial charge in [0.25, 0.3) is 11.8 Å². The fraction of sp³-hybridized carbons (Fsp3) is 0.800. The SMILES string of the molecule is COc1nsnc1OCCOCCOCCOCCSc1nsnc1C1CN2CCC1CC2. The Hall–Kier alpha value is -1.09. The minimum atomic E-state index is 0.387. The molecule has 3 saturated heterocycles. The van der Waals surface area contributed by atoms with E-state index in [1.807, 2.05) is 0 Å². The van der Waals surface area contributed by atoms with E-state index >= 15 is 0 Å². The van der Waals surface area contributed by atoms with Gasteiger partial charge < -0.3 is 28.6 Å². The molecule has 0 radical (unpaired) electrons. The molecule has 10 nitrogen and oxygen atoms in total. The number of rotatable bonds is 16.